The van der Waals surface area contributed by atoms with Crippen LogP contribution in [0.15, 0.2) is 12.4 Å². The number of hydrogen-bond acceptors (Lipinski definition) is 3. The van der Waals surface area contributed by atoms with Crippen LogP contribution in [0.1, 0.15) is 25.3 Å². The second kappa shape index (κ2) is 6.07. The van der Waals surface area contributed by atoms with E-state index in [-0.39, 0.29) is 17.7 Å². The van der Waals surface area contributed by atoms with Crippen molar-refractivity contribution in [3.63, 3.8) is 0 Å². The molecule has 1 saturated carbocycles. The van der Waals surface area contributed by atoms with E-state index in [0.29, 0.717) is 25.4 Å². The Labute approximate surface area is 119 Å². The summed E-state index contributed by atoms with van der Waals surface area (Å²) in [5, 5.41) is 6.90. The lowest BCUT2D eigenvalue weighted by Crippen LogP contribution is -2.32. The molecule has 2 rings (SSSR count). The molecule has 1 aliphatic rings. The number of hydrogen-bond donors (Lipinski definition) is 1. The van der Waals surface area contributed by atoms with Gasteiger partial charge < -0.3 is 10.2 Å². The summed E-state index contributed by atoms with van der Waals surface area (Å²) in [4.78, 5) is 25.2. The summed E-state index contributed by atoms with van der Waals surface area (Å²) in [6.45, 7) is 3.02. The Morgan fingerprint density at radius 2 is 2.25 bits per heavy atom. The van der Waals surface area contributed by atoms with E-state index in [1.165, 1.54) is 0 Å². The number of aromatic nitrogens is 2. The molecule has 6 nitrogen and oxygen atoms in total. The molecule has 2 amide bonds. The molecule has 0 bridgehead atoms. The van der Waals surface area contributed by atoms with Gasteiger partial charge in [-0.15, -0.1) is 0 Å². The number of nitrogens with zero attached hydrogens (tertiary/aromatic N) is 3. The normalized spacial score (nSPS) is 20.6. The van der Waals surface area contributed by atoms with E-state index in [9.17, 15) is 9.59 Å². The van der Waals surface area contributed by atoms with E-state index in [0.717, 1.165) is 12.0 Å². The summed E-state index contributed by atoms with van der Waals surface area (Å²) in [5.74, 6) is 0.774. The maximum atomic E-state index is 11.9. The van der Waals surface area contributed by atoms with Gasteiger partial charge in [0.1, 0.15) is 0 Å². The smallest absolute Gasteiger partial charge is 0.224 e. The SMILES string of the molecule is C[C@@H]1C[C@@H]1C(=O)NCCC(=O)N(C)Cc1cnn(C)c1. The second-order valence-electron chi connectivity index (χ2n) is 5.63. The average Bonchev–Trinajstić information content (AvgIpc) is 2.99. The highest BCUT2D eigenvalue weighted by Crippen LogP contribution is 2.37. The zero-order valence-electron chi connectivity index (χ0n) is 12.3. The monoisotopic (exact) mass is 278 g/mol. The molecule has 1 aromatic heterocycles. The first-order valence-electron chi connectivity index (χ1n) is 6.96. The molecule has 20 heavy (non-hydrogen) atoms. The van der Waals surface area contributed by atoms with E-state index in [1.54, 1.807) is 22.8 Å². The summed E-state index contributed by atoms with van der Waals surface area (Å²) >= 11 is 0. The summed E-state index contributed by atoms with van der Waals surface area (Å²) in [7, 11) is 3.61. The van der Waals surface area contributed by atoms with Crippen molar-refractivity contribution >= 4 is 11.8 Å². The lowest BCUT2D eigenvalue weighted by atomic mass is 10.3. The van der Waals surface area contributed by atoms with Crippen molar-refractivity contribution in [1.29, 1.82) is 0 Å². The van der Waals surface area contributed by atoms with Crippen LogP contribution in [0.2, 0.25) is 0 Å². The minimum Gasteiger partial charge on any atom is -0.355 e. The molecule has 0 spiro atoms. The molecule has 1 aliphatic carbocycles. The van der Waals surface area contributed by atoms with Gasteiger partial charge in [0.2, 0.25) is 11.8 Å². The molecule has 1 fully saturated rings. The van der Waals surface area contributed by atoms with Gasteiger partial charge in [0.15, 0.2) is 0 Å². The van der Waals surface area contributed by atoms with Crippen molar-refractivity contribution in [2.75, 3.05) is 13.6 Å². The lowest BCUT2D eigenvalue weighted by molar-refractivity contribution is -0.130. The first-order chi connectivity index (χ1) is 9.47. The zero-order valence-corrected chi connectivity index (χ0v) is 12.3. The van der Waals surface area contributed by atoms with Crippen LogP contribution in [0.3, 0.4) is 0 Å². The molecule has 0 aromatic carbocycles. The number of amides is 2. The van der Waals surface area contributed by atoms with E-state index in [2.05, 4.69) is 17.3 Å². The molecule has 1 aromatic rings. The van der Waals surface area contributed by atoms with Gasteiger partial charge in [-0.2, -0.15) is 5.10 Å². The predicted octanol–water partition coefficient (Wildman–Crippen LogP) is 0.541. The number of aryl methyl sites for hydroxylation is 1. The molecule has 2 atom stereocenters. The van der Waals surface area contributed by atoms with Crippen LogP contribution in [-0.4, -0.2) is 40.1 Å². The van der Waals surface area contributed by atoms with Gasteiger partial charge in [-0.1, -0.05) is 6.92 Å². The van der Waals surface area contributed by atoms with E-state index < -0.39 is 0 Å². The highest BCUT2D eigenvalue weighted by molar-refractivity contribution is 5.82. The molecule has 0 saturated heterocycles. The summed E-state index contributed by atoms with van der Waals surface area (Å²) in [5.41, 5.74) is 0.999. The Bertz CT molecular complexity index is 497. The van der Waals surface area contributed by atoms with Crippen molar-refractivity contribution in [3.8, 4) is 0 Å². The summed E-state index contributed by atoms with van der Waals surface area (Å²) in [6, 6.07) is 0. The van der Waals surface area contributed by atoms with E-state index in [4.69, 9.17) is 0 Å². The molecule has 110 valence electrons. The highest BCUT2D eigenvalue weighted by atomic mass is 16.2. The Kier molecular flexibility index (Phi) is 4.42. The van der Waals surface area contributed by atoms with E-state index >= 15 is 0 Å². The zero-order chi connectivity index (χ0) is 14.7. The van der Waals surface area contributed by atoms with Gasteiger partial charge in [-0.25, -0.2) is 0 Å². The van der Waals surface area contributed by atoms with Crippen LogP contribution in [0.4, 0.5) is 0 Å². The number of nitrogens with one attached hydrogen (secondary N) is 1. The van der Waals surface area contributed by atoms with Crippen molar-refractivity contribution < 1.29 is 9.59 Å². The molecule has 0 aliphatic heterocycles. The average molecular weight is 278 g/mol. The van der Waals surface area contributed by atoms with Gasteiger partial charge in [0, 0.05) is 51.3 Å². The molecule has 1 heterocycles. The number of carbonyl (C=O) groups excluding carboxylic acids is 2. The Morgan fingerprint density at radius 3 is 2.80 bits per heavy atom. The third-order valence-electron chi connectivity index (χ3n) is 3.69. The van der Waals surface area contributed by atoms with Crippen LogP contribution >= 0.6 is 0 Å². The van der Waals surface area contributed by atoms with Gasteiger partial charge in [0.05, 0.1) is 6.20 Å². The molecular weight excluding hydrogens is 256 g/mol. The molecular formula is C14H22N4O2. The van der Waals surface area contributed by atoms with Crippen molar-refractivity contribution in [2.24, 2.45) is 18.9 Å². The van der Waals surface area contributed by atoms with Crippen LogP contribution in [0.5, 0.6) is 0 Å². The predicted molar refractivity (Wildman–Crippen MR) is 74.6 cm³/mol. The van der Waals surface area contributed by atoms with Crippen LogP contribution in [0, 0.1) is 11.8 Å². The third-order valence-corrected chi connectivity index (χ3v) is 3.69. The fraction of sp³-hybridized carbons (Fsp3) is 0.643. The lowest BCUT2D eigenvalue weighted by Gasteiger charge is -2.16. The highest BCUT2D eigenvalue weighted by Gasteiger charge is 2.38. The third kappa shape index (κ3) is 3.82. The standard InChI is InChI=1S/C14H22N4O2/c1-10-6-12(10)14(20)15-5-4-13(19)17(2)8-11-7-16-18(3)9-11/h7,9-10,12H,4-6,8H2,1-3H3,(H,15,20)/t10-,12+/m1/s1. The number of carbonyl (C=O) groups is 2. The Morgan fingerprint density at radius 1 is 1.55 bits per heavy atom. The largest absolute Gasteiger partial charge is 0.355 e. The van der Waals surface area contributed by atoms with Crippen LogP contribution in [-0.2, 0) is 23.2 Å². The van der Waals surface area contributed by atoms with Crippen LogP contribution in [0.25, 0.3) is 0 Å². The van der Waals surface area contributed by atoms with Gasteiger partial charge in [0.25, 0.3) is 0 Å². The Balaban J connectivity index is 1.67. The number of rotatable bonds is 6. The maximum absolute atomic E-state index is 11.9. The summed E-state index contributed by atoms with van der Waals surface area (Å²) < 4.78 is 1.71. The van der Waals surface area contributed by atoms with Crippen LogP contribution < -0.4 is 5.32 Å². The molecule has 0 radical (unpaired) electrons. The van der Waals surface area contributed by atoms with Gasteiger partial charge in [-0.3, -0.25) is 14.3 Å². The summed E-state index contributed by atoms with van der Waals surface area (Å²) in [6.07, 6.45) is 4.95. The van der Waals surface area contributed by atoms with Crippen molar-refractivity contribution in [2.45, 2.75) is 26.3 Å². The van der Waals surface area contributed by atoms with Crippen molar-refractivity contribution in [1.82, 2.24) is 20.0 Å². The second-order valence-corrected chi connectivity index (χ2v) is 5.63. The van der Waals surface area contributed by atoms with Crippen molar-refractivity contribution in [3.05, 3.63) is 18.0 Å². The maximum Gasteiger partial charge on any atom is 0.224 e. The first kappa shape index (κ1) is 14.6. The minimum atomic E-state index is 0.0259. The molecule has 6 heteroatoms. The fourth-order valence-electron chi connectivity index (χ4n) is 2.22. The molecule has 1 N–H and O–H groups in total. The quantitative estimate of drug-likeness (QED) is 0.826. The minimum absolute atomic E-state index is 0.0259. The van der Waals surface area contributed by atoms with Gasteiger partial charge >= 0.3 is 0 Å². The fourth-order valence-corrected chi connectivity index (χ4v) is 2.22. The van der Waals surface area contributed by atoms with Gasteiger partial charge in [-0.05, 0) is 12.3 Å². The molecule has 0 unspecified atom stereocenters. The first-order valence-corrected chi connectivity index (χ1v) is 6.96. The van der Waals surface area contributed by atoms with E-state index in [1.807, 2.05) is 13.2 Å². The Hall–Kier alpha value is -1.85. The topological polar surface area (TPSA) is 67.2 Å².